The molecule has 0 bridgehead atoms. The van der Waals surface area contributed by atoms with Crippen LogP contribution in [0.25, 0.3) is 0 Å². The number of hydrogen-bond acceptors (Lipinski definition) is 3. The van der Waals surface area contributed by atoms with E-state index in [0.29, 0.717) is 5.56 Å². The van der Waals surface area contributed by atoms with Gasteiger partial charge in [-0.2, -0.15) is 0 Å². The van der Waals surface area contributed by atoms with Crippen LogP contribution in [0.4, 0.5) is 0 Å². The summed E-state index contributed by atoms with van der Waals surface area (Å²) in [6.07, 6.45) is 0. The number of aliphatic hydroxyl groups is 1. The van der Waals surface area contributed by atoms with Gasteiger partial charge in [0.15, 0.2) is 0 Å². The first-order valence-electron chi connectivity index (χ1n) is 5.84. The summed E-state index contributed by atoms with van der Waals surface area (Å²) >= 11 is 1.59. The molecule has 0 atom stereocenters. The van der Waals surface area contributed by atoms with Gasteiger partial charge in [0.05, 0.1) is 12.2 Å². The van der Waals surface area contributed by atoms with E-state index in [1.165, 1.54) is 0 Å². The Morgan fingerprint density at radius 3 is 2.37 bits per heavy atom. The average molecular weight is 274 g/mol. The molecule has 0 unspecified atom stereocenters. The first-order chi connectivity index (χ1) is 9.19. The van der Waals surface area contributed by atoms with E-state index in [-0.39, 0.29) is 6.61 Å². The second-order valence-electron chi connectivity index (χ2n) is 4.10. The second-order valence-corrected chi connectivity index (χ2v) is 5.15. The minimum absolute atomic E-state index is 0.0497. The molecule has 0 radical (unpaired) electrons. The molecule has 98 valence electrons. The number of hydrogen-bond donors (Lipinski definition) is 2. The Hall–Kier alpha value is -1.78. The molecule has 0 saturated carbocycles. The van der Waals surface area contributed by atoms with Crippen LogP contribution in [0.3, 0.4) is 0 Å². The van der Waals surface area contributed by atoms with Crippen molar-refractivity contribution in [2.24, 2.45) is 0 Å². The maximum absolute atomic E-state index is 10.9. The largest absolute Gasteiger partial charge is 0.478 e. The molecule has 0 fully saturated rings. The van der Waals surface area contributed by atoms with Gasteiger partial charge in [0.2, 0.25) is 0 Å². The van der Waals surface area contributed by atoms with E-state index in [1.807, 2.05) is 30.3 Å². The fourth-order valence-corrected chi connectivity index (χ4v) is 2.54. The Kier molecular flexibility index (Phi) is 4.60. The average Bonchev–Trinajstić information content (AvgIpc) is 2.46. The summed E-state index contributed by atoms with van der Waals surface area (Å²) in [5.74, 6) is -0.135. The van der Waals surface area contributed by atoms with Gasteiger partial charge in [-0.05, 0) is 29.3 Å². The zero-order valence-electron chi connectivity index (χ0n) is 10.2. The van der Waals surface area contributed by atoms with E-state index in [1.54, 1.807) is 30.0 Å². The lowest BCUT2D eigenvalue weighted by Gasteiger charge is -2.04. The van der Waals surface area contributed by atoms with Crippen LogP contribution in [0, 0.1) is 0 Å². The first-order valence-corrected chi connectivity index (χ1v) is 6.82. The van der Waals surface area contributed by atoms with Crippen LogP contribution in [-0.2, 0) is 12.4 Å². The Bertz CT molecular complexity index is 564. The summed E-state index contributed by atoms with van der Waals surface area (Å²) in [6.45, 7) is 0.0497. The molecule has 0 aliphatic carbocycles. The predicted molar refractivity (Wildman–Crippen MR) is 75.3 cm³/mol. The predicted octanol–water partition coefficient (Wildman–Crippen LogP) is 3.17. The molecule has 2 rings (SSSR count). The fraction of sp³-hybridized carbons (Fsp3) is 0.133. The number of carbonyl (C=O) groups is 1. The van der Waals surface area contributed by atoms with Gasteiger partial charge in [0, 0.05) is 10.6 Å². The highest BCUT2D eigenvalue weighted by atomic mass is 32.2. The van der Waals surface area contributed by atoms with E-state index in [2.05, 4.69) is 0 Å². The van der Waals surface area contributed by atoms with E-state index in [0.717, 1.165) is 21.8 Å². The van der Waals surface area contributed by atoms with Gasteiger partial charge in [0.1, 0.15) is 0 Å². The lowest BCUT2D eigenvalue weighted by molar-refractivity contribution is 0.0696. The highest BCUT2D eigenvalue weighted by Gasteiger charge is 2.03. The Balaban J connectivity index is 2.01. The highest BCUT2D eigenvalue weighted by Crippen LogP contribution is 2.23. The summed E-state index contributed by atoms with van der Waals surface area (Å²) in [5, 5.41) is 17.9. The minimum atomic E-state index is -0.908. The van der Waals surface area contributed by atoms with Crippen molar-refractivity contribution in [1.29, 1.82) is 0 Å². The first kappa shape index (κ1) is 13.6. The molecule has 0 saturated heterocycles. The molecule has 0 heterocycles. The smallest absolute Gasteiger partial charge is 0.335 e. The molecule has 2 aromatic carbocycles. The molecular weight excluding hydrogens is 260 g/mol. The second kappa shape index (κ2) is 6.41. The van der Waals surface area contributed by atoms with Crippen molar-refractivity contribution in [2.45, 2.75) is 17.3 Å². The normalized spacial score (nSPS) is 10.4. The van der Waals surface area contributed by atoms with Gasteiger partial charge >= 0.3 is 5.97 Å². The molecule has 0 aliphatic rings. The van der Waals surface area contributed by atoms with E-state index in [9.17, 15) is 4.79 Å². The maximum Gasteiger partial charge on any atom is 0.335 e. The Morgan fingerprint density at radius 1 is 1.05 bits per heavy atom. The van der Waals surface area contributed by atoms with E-state index >= 15 is 0 Å². The fourth-order valence-electron chi connectivity index (χ4n) is 1.63. The molecule has 19 heavy (non-hydrogen) atoms. The number of thioether (sulfide) groups is 1. The van der Waals surface area contributed by atoms with Gasteiger partial charge in [0.25, 0.3) is 0 Å². The Morgan fingerprint density at radius 2 is 1.74 bits per heavy atom. The van der Waals surface area contributed by atoms with Gasteiger partial charge in [-0.3, -0.25) is 0 Å². The van der Waals surface area contributed by atoms with Crippen molar-refractivity contribution in [1.82, 2.24) is 0 Å². The zero-order valence-corrected chi connectivity index (χ0v) is 11.1. The number of rotatable bonds is 5. The van der Waals surface area contributed by atoms with Gasteiger partial charge < -0.3 is 10.2 Å². The number of carboxylic acid groups (broad SMARTS) is 1. The Labute approximate surface area is 115 Å². The summed E-state index contributed by atoms with van der Waals surface area (Å²) in [4.78, 5) is 11.8. The van der Waals surface area contributed by atoms with Crippen molar-refractivity contribution >= 4 is 17.7 Å². The van der Waals surface area contributed by atoms with Crippen molar-refractivity contribution < 1.29 is 15.0 Å². The van der Waals surface area contributed by atoms with Crippen LogP contribution < -0.4 is 0 Å². The summed E-state index contributed by atoms with van der Waals surface area (Å²) in [5.41, 5.74) is 2.34. The minimum Gasteiger partial charge on any atom is -0.478 e. The monoisotopic (exact) mass is 274 g/mol. The third-order valence-electron chi connectivity index (χ3n) is 2.69. The van der Waals surface area contributed by atoms with Crippen molar-refractivity contribution in [3.05, 3.63) is 65.2 Å². The molecule has 0 amide bonds. The topological polar surface area (TPSA) is 57.5 Å². The van der Waals surface area contributed by atoms with Crippen LogP contribution >= 0.6 is 11.8 Å². The highest BCUT2D eigenvalue weighted by molar-refractivity contribution is 7.98. The maximum atomic E-state index is 10.9. The zero-order chi connectivity index (χ0) is 13.7. The van der Waals surface area contributed by atoms with Crippen LogP contribution in [0.1, 0.15) is 21.5 Å². The molecule has 2 N–H and O–H groups in total. The van der Waals surface area contributed by atoms with Gasteiger partial charge in [-0.15, -0.1) is 11.8 Å². The summed E-state index contributed by atoms with van der Waals surface area (Å²) < 4.78 is 0. The van der Waals surface area contributed by atoms with Crippen LogP contribution in [0.2, 0.25) is 0 Å². The van der Waals surface area contributed by atoms with Crippen LogP contribution in [-0.4, -0.2) is 16.2 Å². The lowest BCUT2D eigenvalue weighted by atomic mass is 10.2. The summed E-state index contributed by atoms with van der Waals surface area (Å²) in [6, 6.07) is 14.6. The van der Waals surface area contributed by atoms with Crippen molar-refractivity contribution in [2.75, 3.05) is 0 Å². The quantitative estimate of drug-likeness (QED) is 0.822. The number of aromatic carboxylic acids is 1. The van der Waals surface area contributed by atoms with E-state index < -0.39 is 5.97 Å². The van der Waals surface area contributed by atoms with Gasteiger partial charge in [-0.25, -0.2) is 4.79 Å². The standard InChI is InChI=1S/C15H14O3S/c16-9-11-4-6-12(7-5-11)10-19-14-3-1-2-13(8-14)15(17)18/h1-8,16H,9-10H2,(H,17,18). The molecule has 3 nitrogen and oxygen atoms in total. The van der Waals surface area contributed by atoms with E-state index in [4.69, 9.17) is 10.2 Å². The third kappa shape index (κ3) is 3.84. The molecule has 4 heteroatoms. The number of carboxylic acids is 1. The third-order valence-corrected chi connectivity index (χ3v) is 3.76. The van der Waals surface area contributed by atoms with Gasteiger partial charge in [-0.1, -0.05) is 30.3 Å². The molecule has 0 aromatic heterocycles. The molecule has 2 aromatic rings. The number of aliphatic hydroxyl groups excluding tert-OH is 1. The molecular formula is C15H14O3S. The van der Waals surface area contributed by atoms with Crippen LogP contribution in [0.15, 0.2) is 53.4 Å². The summed E-state index contributed by atoms with van der Waals surface area (Å²) in [7, 11) is 0. The molecule has 0 spiro atoms. The SMILES string of the molecule is O=C(O)c1cccc(SCc2ccc(CO)cc2)c1. The lowest BCUT2D eigenvalue weighted by Crippen LogP contribution is -1.95. The van der Waals surface area contributed by atoms with Crippen molar-refractivity contribution in [3.63, 3.8) is 0 Å². The number of benzene rings is 2. The molecule has 0 aliphatic heterocycles. The van der Waals surface area contributed by atoms with Crippen LogP contribution in [0.5, 0.6) is 0 Å². The van der Waals surface area contributed by atoms with Crippen molar-refractivity contribution in [3.8, 4) is 0 Å².